The predicted octanol–water partition coefficient (Wildman–Crippen LogP) is 1.45. The number of hydrogen-bond donors (Lipinski definition) is 1. The Kier molecular flexibility index (Phi) is 2.24. The van der Waals surface area contributed by atoms with Crippen LogP contribution in [0.3, 0.4) is 0 Å². The summed E-state index contributed by atoms with van der Waals surface area (Å²) in [7, 11) is 1.56. The maximum atomic E-state index is 12.5. The molecule has 1 aromatic carbocycles. The van der Waals surface area contributed by atoms with Crippen LogP contribution in [0.5, 0.6) is 5.75 Å². The topological polar surface area (TPSA) is 20.2 Å². The molecule has 1 rings (SSSR count). The monoisotopic (exact) mass is 198 g/mol. The van der Waals surface area contributed by atoms with E-state index in [1.807, 2.05) is 0 Å². The third kappa shape index (κ3) is 1.14. The highest BCUT2D eigenvalue weighted by molar-refractivity contribution is 7.27. The molecule has 0 aromatic heterocycles. The van der Waals surface area contributed by atoms with Crippen molar-refractivity contribution in [2.45, 2.75) is 0 Å². The van der Waals surface area contributed by atoms with Gasteiger partial charge in [0.2, 0.25) is 11.6 Å². The van der Waals surface area contributed by atoms with Crippen LogP contribution < -0.4 is 5.30 Å². The number of phenols is 1. The third-order valence-corrected chi connectivity index (χ3v) is 1.80. The molecule has 0 amide bonds. The average molecular weight is 198 g/mol. The van der Waals surface area contributed by atoms with E-state index in [2.05, 4.69) is 0 Å². The smallest absolute Gasteiger partial charge is 0.204 e. The molecular formula is C6H3F4OP. The van der Waals surface area contributed by atoms with Gasteiger partial charge in [-0.2, -0.15) is 4.39 Å². The van der Waals surface area contributed by atoms with Crippen molar-refractivity contribution in [1.29, 1.82) is 0 Å². The third-order valence-electron chi connectivity index (χ3n) is 1.28. The van der Waals surface area contributed by atoms with Gasteiger partial charge in [0.05, 0.1) is 5.30 Å². The number of phenolic OH excluding ortho intramolecular Hbond substituents is 1. The number of halogens is 4. The van der Waals surface area contributed by atoms with E-state index in [-0.39, 0.29) is 0 Å². The Morgan fingerprint density at radius 3 is 1.75 bits per heavy atom. The van der Waals surface area contributed by atoms with Gasteiger partial charge in [-0.05, 0) is 0 Å². The minimum atomic E-state index is -2.02. The second-order valence-electron chi connectivity index (χ2n) is 2.02. The van der Waals surface area contributed by atoms with Crippen molar-refractivity contribution in [2.75, 3.05) is 0 Å². The van der Waals surface area contributed by atoms with Crippen molar-refractivity contribution in [3.63, 3.8) is 0 Å². The van der Waals surface area contributed by atoms with E-state index >= 15 is 0 Å². The Balaban J connectivity index is 3.60. The van der Waals surface area contributed by atoms with Crippen LogP contribution in [0, 0.1) is 23.3 Å². The molecule has 0 heterocycles. The molecule has 0 saturated heterocycles. The van der Waals surface area contributed by atoms with Crippen molar-refractivity contribution in [3.05, 3.63) is 23.3 Å². The van der Waals surface area contributed by atoms with Gasteiger partial charge in [0.15, 0.2) is 17.4 Å². The van der Waals surface area contributed by atoms with E-state index in [4.69, 9.17) is 5.11 Å². The molecule has 1 N–H and O–H groups in total. The van der Waals surface area contributed by atoms with Crippen LogP contribution in [-0.4, -0.2) is 5.11 Å². The van der Waals surface area contributed by atoms with E-state index < -0.39 is 34.3 Å². The first-order valence-corrected chi connectivity index (χ1v) is 3.35. The molecule has 1 aromatic rings. The number of aromatic hydroxyl groups is 1. The van der Waals surface area contributed by atoms with Crippen LogP contribution in [-0.2, 0) is 0 Å². The van der Waals surface area contributed by atoms with Gasteiger partial charge in [-0.3, -0.25) is 0 Å². The van der Waals surface area contributed by atoms with E-state index in [1.165, 1.54) is 0 Å². The number of hydrogen-bond acceptors (Lipinski definition) is 1. The SMILES string of the molecule is Oc1c(F)c(F)c(F)c(F)c1P. The lowest BCUT2D eigenvalue weighted by Crippen LogP contribution is -2.08. The van der Waals surface area contributed by atoms with E-state index in [0.717, 1.165) is 0 Å². The second kappa shape index (κ2) is 2.90. The second-order valence-corrected chi connectivity index (χ2v) is 2.60. The fraction of sp³-hybridized carbons (Fsp3) is 0. The number of rotatable bonds is 0. The first-order chi connectivity index (χ1) is 5.46. The molecule has 0 bridgehead atoms. The van der Waals surface area contributed by atoms with Gasteiger partial charge in [-0.25, -0.2) is 13.2 Å². The van der Waals surface area contributed by atoms with Crippen molar-refractivity contribution in [2.24, 2.45) is 0 Å². The number of benzene rings is 1. The minimum Gasteiger partial charge on any atom is -0.504 e. The van der Waals surface area contributed by atoms with Crippen LogP contribution in [0.4, 0.5) is 17.6 Å². The van der Waals surface area contributed by atoms with E-state index in [0.29, 0.717) is 0 Å². The highest BCUT2D eigenvalue weighted by atomic mass is 31.0. The lowest BCUT2D eigenvalue weighted by molar-refractivity contribution is 0.371. The van der Waals surface area contributed by atoms with E-state index in [1.54, 1.807) is 9.24 Å². The molecule has 1 atom stereocenters. The molecule has 0 spiro atoms. The molecule has 12 heavy (non-hydrogen) atoms. The fourth-order valence-corrected chi connectivity index (χ4v) is 0.891. The molecular weight excluding hydrogens is 195 g/mol. The zero-order valence-electron chi connectivity index (χ0n) is 5.54. The molecule has 1 unspecified atom stereocenters. The van der Waals surface area contributed by atoms with Crippen molar-refractivity contribution in [3.8, 4) is 5.75 Å². The summed E-state index contributed by atoms with van der Waals surface area (Å²) in [4.78, 5) is 0. The summed E-state index contributed by atoms with van der Waals surface area (Å²) in [6.45, 7) is 0. The summed E-state index contributed by atoms with van der Waals surface area (Å²) in [5.74, 6) is -8.60. The molecule has 0 aliphatic carbocycles. The first-order valence-electron chi connectivity index (χ1n) is 2.77. The summed E-state index contributed by atoms with van der Waals surface area (Å²) in [6, 6.07) is 0. The lowest BCUT2D eigenvalue weighted by Gasteiger charge is -2.03. The van der Waals surface area contributed by atoms with Crippen LogP contribution >= 0.6 is 9.24 Å². The molecule has 1 nitrogen and oxygen atoms in total. The van der Waals surface area contributed by atoms with Gasteiger partial charge in [0.25, 0.3) is 0 Å². The fourth-order valence-electron chi connectivity index (χ4n) is 0.637. The lowest BCUT2D eigenvalue weighted by atomic mass is 10.3. The molecule has 0 fully saturated rings. The highest BCUT2D eigenvalue weighted by Gasteiger charge is 2.22. The molecule has 0 saturated carbocycles. The molecule has 0 aliphatic rings. The summed E-state index contributed by atoms with van der Waals surface area (Å²) in [5.41, 5.74) is 0. The highest BCUT2D eigenvalue weighted by Crippen LogP contribution is 2.23. The Morgan fingerprint density at radius 1 is 0.833 bits per heavy atom. The van der Waals surface area contributed by atoms with Gasteiger partial charge < -0.3 is 5.11 Å². The van der Waals surface area contributed by atoms with Gasteiger partial charge in [-0.15, -0.1) is 0 Å². The Hall–Kier alpha value is -0.830. The normalized spacial score (nSPS) is 10.4. The van der Waals surface area contributed by atoms with E-state index in [9.17, 15) is 17.6 Å². The van der Waals surface area contributed by atoms with Crippen LogP contribution in [0.1, 0.15) is 0 Å². The summed E-state index contributed by atoms with van der Waals surface area (Å²) < 4.78 is 49.4. The Morgan fingerprint density at radius 2 is 1.25 bits per heavy atom. The van der Waals surface area contributed by atoms with Crippen LogP contribution in [0.2, 0.25) is 0 Å². The maximum absolute atomic E-state index is 12.5. The Labute approximate surface area is 67.2 Å². The molecule has 0 aliphatic heterocycles. The summed E-state index contributed by atoms with van der Waals surface area (Å²) in [6.07, 6.45) is 0. The molecule has 66 valence electrons. The molecule has 6 heteroatoms. The van der Waals surface area contributed by atoms with Gasteiger partial charge in [0.1, 0.15) is 0 Å². The van der Waals surface area contributed by atoms with Crippen LogP contribution in [0.25, 0.3) is 0 Å². The van der Waals surface area contributed by atoms with Crippen molar-refractivity contribution >= 4 is 14.5 Å². The largest absolute Gasteiger partial charge is 0.504 e. The van der Waals surface area contributed by atoms with Crippen molar-refractivity contribution < 1.29 is 22.7 Å². The molecule has 0 radical (unpaired) electrons. The Bertz CT molecular complexity index is 234. The van der Waals surface area contributed by atoms with Crippen LogP contribution in [0.15, 0.2) is 0 Å². The van der Waals surface area contributed by atoms with Gasteiger partial charge in [0, 0.05) is 0 Å². The zero-order valence-corrected chi connectivity index (χ0v) is 6.69. The predicted molar refractivity (Wildman–Crippen MR) is 37.3 cm³/mol. The summed E-state index contributed by atoms with van der Waals surface area (Å²) in [5, 5.41) is 7.92. The average Bonchev–Trinajstić information content (AvgIpc) is 2.08. The first kappa shape index (κ1) is 9.26. The maximum Gasteiger partial charge on any atom is 0.204 e. The van der Waals surface area contributed by atoms with Crippen molar-refractivity contribution in [1.82, 2.24) is 0 Å². The standard InChI is InChI=1S/C6H3F4OP/c7-1-2(8)4(10)6(12)5(11)3(1)9/h11H,12H2. The minimum absolute atomic E-state index is 0.730. The van der Waals surface area contributed by atoms with Gasteiger partial charge in [-0.1, -0.05) is 9.24 Å². The summed E-state index contributed by atoms with van der Waals surface area (Å²) >= 11 is 0. The quantitative estimate of drug-likeness (QED) is 0.289. The zero-order chi connectivity index (χ0) is 9.46. The van der Waals surface area contributed by atoms with Gasteiger partial charge >= 0.3 is 0 Å².